The highest BCUT2D eigenvalue weighted by atomic mass is 79.9. The molecule has 0 spiro atoms. The Kier molecular flexibility index (Phi) is 6.24. The first kappa shape index (κ1) is 18.8. The molecule has 0 aliphatic rings. The first-order valence-corrected chi connectivity index (χ1v) is 9.15. The van der Waals surface area contributed by atoms with E-state index in [2.05, 4.69) is 36.4 Å². The van der Waals surface area contributed by atoms with Crippen LogP contribution in [0.1, 0.15) is 11.1 Å². The lowest BCUT2D eigenvalue weighted by molar-refractivity contribution is 0.281. The Morgan fingerprint density at radius 3 is 2.58 bits per heavy atom. The standard InChI is InChI=1S/C17H15BrCl2N4O2/c1-25-15-6-5-12(18)10(7-21-17-22-9-23-24-17)16(15)26-8-11-13(19)3-2-4-14(11)20/h2-6,9H,7-8H2,1H3,(H2,21,22,23,24). The van der Waals surface area contributed by atoms with Crippen LogP contribution >= 0.6 is 39.1 Å². The molecule has 1 aromatic heterocycles. The highest BCUT2D eigenvalue weighted by Gasteiger charge is 2.16. The smallest absolute Gasteiger partial charge is 0.218 e. The van der Waals surface area contributed by atoms with Gasteiger partial charge in [0.2, 0.25) is 5.95 Å². The highest BCUT2D eigenvalue weighted by Crippen LogP contribution is 2.38. The molecule has 136 valence electrons. The zero-order chi connectivity index (χ0) is 18.5. The first-order valence-electron chi connectivity index (χ1n) is 7.60. The van der Waals surface area contributed by atoms with Gasteiger partial charge in [-0.2, -0.15) is 5.10 Å². The van der Waals surface area contributed by atoms with Crippen LogP contribution in [0, 0.1) is 0 Å². The van der Waals surface area contributed by atoms with Crippen molar-refractivity contribution in [3.63, 3.8) is 0 Å². The van der Waals surface area contributed by atoms with Gasteiger partial charge in [-0.25, -0.2) is 10.1 Å². The van der Waals surface area contributed by atoms with E-state index < -0.39 is 0 Å². The Morgan fingerprint density at radius 1 is 1.15 bits per heavy atom. The number of rotatable bonds is 7. The molecule has 6 nitrogen and oxygen atoms in total. The molecule has 0 amide bonds. The summed E-state index contributed by atoms with van der Waals surface area (Å²) in [6, 6.07) is 9.06. The second kappa shape index (κ2) is 8.62. The number of nitrogens with zero attached hydrogens (tertiary/aromatic N) is 2. The lowest BCUT2D eigenvalue weighted by Crippen LogP contribution is -2.07. The first-order chi connectivity index (χ1) is 12.6. The highest BCUT2D eigenvalue weighted by molar-refractivity contribution is 9.10. The predicted octanol–water partition coefficient (Wildman–Crippen LogP) is 5.07. The van der Waals surface area contributed by atoms with Gasteiger partial charge in [0, 0.05) is 32.2 Å². The SMILES string of the molecule is COc1ccc(Br)c(CNc2ncn[nH]2)c1OCc1c(Cl)cccc1Cl. The fraction of sp³-hybridized carbons (Fsp3) is 0.176. The summed E-state index contributed by atoms with van der Waals surface area (Å²) in [5.74, 6) is 1.75. The lowest BCUT2D eigenvalue weighted by atomic mass is 10.1. The van der Waals surface area contributed by atoms with Crippen molar-refractivity contribution in [2.24, 2.45) is 0 Å². The Balaban J connectivity index is 1.87. The molecule has 0 atom stereocenters. The Bertz CT molecular complexity index is 870. The van der Waals surface area contributed by atoms with E-state index in [9.17, 15) is 0 Å². The maximum atomic E-state index is 6.23. The van der Waals surface area contributed by atoms with Gasteiger partial charge in [-0.05, 0) is 24.3 Å². The zero-order valence-electron chi connectivity index (χ0n) is 13.7. The summed E-state index contributed by atoms with van der Waals surface area (Å²) >= 11 is 16.0. The topological polar surface area (TPSA) is 72.1 Å². The molecule has 2 N–H and O–H groups in total. The van der Waals surface area contributed by atoms with E-state index in [-0.39, 0.29) is 6.61 Å². The minimum absolute atomic E-state index is 0.209. The van der Waals surface area contributed by atoms with Crippen molar-refractivity contribution in [1.29, 1.82) is 0 Å². The van der Waals surface area contributed by atoms with Gasteiger partial charge in [-0.3, -0.25) is 0 Å². The number of H-pyrrole nitrogens is 1. The van der Waals surface area contributed by atoms with Crippen molar-refractivity contribution in [3.8, 4) is 11.5 Å². The van der Waals surface area contributed by atoms with Gasteiger partial charge in [0.25, 0.3) is 0 Å². The molecule has 0 unspecified atom stereocenters. The summed E-state index contributed by atoms with van der Waals surface area (Å²) < 4.78 is 12.4. The van der Waals surface area contributed by atoms with Gasteiger partial charge in [-0.1, -0.05) is 45.2 Å². The van der Waals surface area contributed by atoms with Crippen LogP contribution in [0.2, 0.25) is 10.0 Å². The molecule has 0 radical (unpaired) electrons. The summed E-state index contributed by atoms with van der Waals surface area (Å²) in [5.41, 5.74) is 1.58. The normalized spacial score (nSPS) is 10.6. The molecule has 0 bridgehead atoms. The van der Waals surface area contributed by atoms with Crippen molar-refractivity contribution < 1.29 is 9.47 Å². The molecule has 9 heteroatoms. The van der Waals surface area contributed by atoms with Gasteiger partial charge in [0.15, 0.2) is 11.5 Å². The minimum Gasteiger partial charge on any atom is -0.493 e. The van der Waals surface area contributed by atoms with Crippen LogP contribution in [0.15, 0.2) is 41.1 Å². The van der Waals surface area contributed by atoms with Crippen LogP contribution in [-0.4, -0.2) is 22.3 Å². The second-order valence-electron chi connectivity index (χ2n) is 5.23. The minimum atomic E-state index is 0.209. The van der Waals surface area contributed by atoms with E-state index in [1.54, 1.807) is 25.3 Å². The molecule has 0 fully saturated rings. The zero-order valence-corrected chi connectivity index (χ0v) is 16.8. The molecule has 0 saturated carbocycles. The number of anilines is 1. The monoisotopic (exact) mass is 456 g/mol. The lowest BCUT2D eigenvalue weighted by Gasteiger charge is -2.17. The van der Waals surface area contributed by atoms with E-state index in [1.807, 2.05) is 12.1 Å². The van der Waals surface area contributed by atoms with Crippen LogP contribution in [0.5, 0.6) is 11.5 Å². The molecule has 26 heavy (non-hydrogen) atoms. The number of ether oxygens (including phenoxy) is 2. The molecule has 0 aliphatic heterocycles. The maximum Gasteiger partial charge on any atom is 0.218 e. The van der Waals surface area contributed by atoms with Gasteiger partial charge < -0.3 is 14.8 Å². The van der Waals surface area contributed by atoms with E-state index in [1.165, 1.54) is 6.33 Å². The Labute approximate surface area is 169 Å². The van der Waals surface area contributed by atoms with Crippen molar-refractivity contribution in [3.05, 3.63) is 62.3 Å². The number of hydrogen-bond acceptors (Lipinski definition) is 5. The average molecular weight is 458 g/mol. The number of nitrogens with one attached hydrogen (secondary N) is 2. The van der Waals surface area contributed by atoms with E-state index in [0.29, 0.717) is 39.6 Å². The van der Waals surface area contributed by atoms with Crippen molar-refractivity contribution in [2.45, 2.75) is 13.2 Å². The van der Waals surface area contributed by atoms with Gasteiger partial charge in [-0.15, -0.1) is 0 Å². The number of aromatic nitrogens is 3. The molecule has 0 aliphatic carbocycles. The van der Waals surface area contributed by atoms with E-state index in [0.717, 1.165) is 10.0 Å². The molecular weight excluding hydrogens is 443 g/mol. The number of aromatic amines is 1. The quantitative estimate of drug-likeness (QED) is 0.517. The fourth-order valence-corrected chi connectivity index (χ4v) is 3.30. The summed E-state index contributed by atoms with van der Waals surface area (Å²) in [6.45, 7) is 0.652. The van der Waals surface area contributed by atoms with Gasteiger partial charge in [0.1, 0.15) is 12.9 Å². The molecule has 1 heterocycles. The third kappa shape index (κ3) is 4.23. The van der Waals surface area contributed by atoms with E-state index >= 15 is 0 Å². The van der Waals surface area contributed by atoms with Crippen molar-refractivity contribution >= 4 is 45.1 Å². The van der Waals surface area contributed by atoms with Crippen molar-refractivity contribution in [1.82, 2.24) is 15.2 Å². The molecule has 2 aromatic carbocycles. The number of methoxy groups -OCH3 is 1. The molecular formula is C17H15BrCl2N4O2. The van der Waals surface area contributed by atoms with Crippen LogP contribution in [-0.2, 0) is 13.2 Å². The van der Waals surface area contributed by atoms with Crippen molar-refractivity contribution in [2.75, 3.05) is 12.4 Å². The van der Waals surface area contributed by atoms with Gasteiger partial charge in [0.05, 0.1) is 7.11 Å². The second-order valence-corrected chi connectivity index (χ2v) is 6.90. The third-order valence-electron chi connectivity index (χ3n) is 3.66. The predicted molar refractivity (Wildman–Crippen MR) is 105 cm³/mol. The Hall–Kier alpha value is -1.96. The van der Waals surface area contributed by atoms with Crippen LogP contribution in [0.4, 0.5) is 5.95 Å². The van der Waals surface area contributed by atoms with Crippen LogP contribution in [0.25, 0.3) is 0 Å². The summed E-state index contributed by atoms with van der Waals surface area (Å²) in [4.78, 5) is 4.05. The molecule has 3 rings (SSSR count). The van der Waals surface area contributed by atoms with Gasteiger partial charge >= 0.3 is 0 Å². The molecule has 3 aromatic rings. The summed E-state index contributed by atoms with van der Waals surface area (Å²) in [6.07, 6.45) is 1.43. The number of hydrogen-bond donors (Lipinski definition) is 2. The van der Waals surface area contributed by atoms with E-state index in [4.69, 9.17) is 32.7 Å². The third-order valence-corrected chi connectivity index (χ3v) is 5.11. The summed E-state index contributed by atoms with van der Waals surface area (Å²) in [7, 11) is 1.59. The van der Waals surface area contributed by atoms with Crippen LogP contribution < -0.4 is 14.8 Å². The fourth-order valence-electron chi connectivity index (χ4n) is 2.34. The average Bonchev–Trinajstić information content (AvgIpc) is 3.14. The Morgan fingerprint density at radius 2 is 1.92 bits per heavy atom. The number of benzene rings is 2. The maximum absolute atomic E-state index is 6.23. The summed E-state index contributed by atoms with van der Waals surface area (Å²) in [5, 5.41) is 10.8. The molecule has 0 saturated heterocycles. The number of halogens is 3. The largest absolute Gasteiger partial charge is 0.493 e. The van der Waals surface area contributed by atoms with Crippen LogP contribution in [0.3, 0.4) is 0 Å².